The third-order valence-electron chi connectivity index (χ3n) is 7.20. The molecule has 1 saturated heterocycles. The zero-order valence-electron chi connectivity index (χ0n) is 18.7. The minimum Gasteiger partial charge on any atom is -0.455 e. The van der Waals surface area contributed by atoms with Gasteiger partial charge in [0, 0.05) is 21.7 Å². The molecule has 3 nitrogen and oxygen atoms in total. The van der Waals surface area contributed by atoms with E-state index >= 15 is 0 Å². The Morgan fingerprint density at radius 3 is 2.41 bits per heavy atom. The Morgan fingerprint density at radius 2 is 1.69 bits per heavy atom. The monoisotopic (exact) mass is 417 g/mol. The molecule has 0 atom stereocenters. The van der Waals surface area contributed by atoms with Crippen LogP contribution in [0.1, 0.15) is 27.7 Å². The highest BCUT2D eigenvalue weighted by Gasteiger charge is 2.50. The van der Waals surface area contributed by atoms with Crippen LogP contribution in [0.15, 0.2) is 71.1 Å². The van der Waals surface area contributed by atoms with Gasteiger partial charge in [-0.2, -0.15) is 0 Å². The molecule has 32 heavy (non-hydrogen) atoms. The van der Waals surface area contributed by atoms with Gasteiger partial charge in [-0.1, -0.05) is 48.5 Å². The van der Waals surface area contributed by atoms with Gasteiger partial charge in [0.1, 0.15) is 11.2 Å². The average Bonchev–Trinajstić information content (AvgIpc) is 3.27. The average molecular weight is 417 g/mol. The van der Waals surface area contributed by atoms with Crippen molar-refractivity contribution in [2.45, 2.75) is 38.8 Å². The van der Waals surface area contributed by atoms with Gasteiger partial charge >= 0.3 is 7.05 Å². The summed E-state index contributed by atoms with van der Waals surface area (Å²) < 4.78 is 13.0. The molecule has 0 radical (unpaired) electrons. The molecule has 5 aromatic rings. The van der Waals surface area contributed by atoms with Crippen LogP contribution in [0.3, 0.4) is 0 Å². The predicted molar refractivity (Wildman–Crippen MR) is 132 cm³/mol. The number of fused-ring (bicyclic) bond motifs is 5. The summed E-state index contributed by atoms with van der Waals surface area (Å²) >= 11 is 0. The molecule has 0 aliphatic carbocycles. The zero-order valence-corrected chi connectivity index (χ0v) is 18.7. The summed E-state index contributed by atoms with van der Waals surface area (Å²) in [6, 6.07) is 29.0. The quantitative estimate of drug-likeness (QED) is 0.365. The number of hydrogen-bond donors (Lipinski definition) is 1. The van der Waals surface area contributed by atoms with Crippen LogP contribution in [0.25, 0.3) is 43.8 Å². The van der Waals surface area contributed by atoms with Crippen molar-refractivity contribution in [3.05, 3.63) is 78.9 Å². The minimum atomic E-state index is -0.298. The smallest absolute Gasteiger partial charge is 0.417 e. The molecule has 0 amide bonds. The highest BCUT2D eigenvalue weighted by Crippen LogP contribution is 2.40. The van der Waals surface area contributed by atoms with Crippen molar-refractivity contribution in [3.63, 3.8) is 0 Å². The molecule has 1 aromatic heterocycles. The van der Waals surface area contributed by atoms with E-state index in [1.165, 1.54) is 0 Å². The summed E-state index contributed by atoms with van der Waals surface area (Å²) in [4.78, 5) is 0. The van der Waals surface area contributed by atoms with Gasteiger partial charge in [0.15, 0.2) is 0 Å². The largest absolute Gasteiger partial charge is 0.455 e. The lowest BCUT2D eigenvalue weighted by atomic mass is 9.71. The first-order chi connectivity index (χ1) is 15.4. The fourth-order valence-corrected chi connectivity index (χ4v) is 4.76. The molecule has 1 aliphatic heterocycles. The van der Waals surface area contributed by atoms with Crippen LogP contribution in [0, 0.1) is 12.1 Å². The molecule has 0 saturated carbocycles. The number of hydrogen-bond acceptors (Lipinski definition) is 3. The fraction of sp³-hybridized carbons (Fsp3) is 0.214. The van der Waals surface area contributed by atoms with Gasteiger partial charge in [-0.15, -0.1) is 0 Å². The van der Waals surface area contributed by atoms with Gasteiger partial charge in [0.25, 0.3) is 0 Å². The van der Waals surface area contributed by atoms with E-state index in [-0.39, 0.29) is 18.2 Å². The Morgan fingerprint density at radius 1 is 0.875 bits per heavy atom. The normalized spacial score (nSPS) is 17.3. The van der Waals surface area contributed by atoms with Crippen LogP contribution in [0.2, 0.25) is 0 Å². The van der Waals surface area contributed by atoms with E-state index in [0.717, 1.165) is 49.3 Å². The lowest BCUT2D eigenvalue weighted by molar-refractivity contribution is 0.0750. The SMILES string of the molecule is CC1(C)NB(c2cccc3oc4c5ccccc5c(-c5cc#ccc5)cc4c23)OC1(C)C. The van der Waals surface area contributed by atoms with Crippen molar-refractivity contribution in [2.24, 2.45) is 0 Å². The second kappa shape index (κ2) is 6.62. The first-order valence-corrected chi connectivity index (χ1v) is 11.1. The van der Waals surface area contributed by atoms with E-state index < -0.39 is 0 Å². The van der Waals surface area contributed by atoms with E-state index in [9.17, 15) is 0 Å². The van der Waals surface area contributed by atoms with Crippen LogP contribution in [0.5, 0.6) is 0 Å². The number of furan rings is 1. The maximum absolute atomic E-state index is 6.52. The molecule has 156 valence electrons. The van der Waals surface area contributed by atoms with Gasteiger partial charge in [0.05, 0.1) is 5.60 Å². The van der Waals surface area contributed by atoms with Crippen LogP contribution in [-0.4, -0.2) is 18.2 Å². The van der Waals surface area contributed by atoms with Crippen molar-refractivity contribution >= 4 is 45.2 Å². The van der Waals surface area contributed by atoms with Crippen LogP contribution < -0.4 is 10.7 Å². The molecule has 0 unspecified atom stereocenters. The molecule has 6 rings (SSSR count). The first-order valence-electron chi connectivity index (χ1n) is 11.1. The Labute approximate surface area is 188 Å². The van der Waals surface area contributed by atoms with Crippen molar-refractivity contribution in [1.29, 1.82) is 0 Å². The summed E-state index contributed by atoms with van der Waals surface area (Å²) in [5, 5.41) is 8.17. The molecule has 4 heteroatoms. The maximum Gasteiger partial charge on any atom is 0.417 e. The highest BCUT2D eigenvalue weighted by molar-refractivity contribution is 6.69. The predicted octanol–water partition coefficient (Wildman–Crippen LogP) is 5.88. The molecular formula is C28H24BNO2. The Balaban J connectivity index is 1.68. The Hall–Kier alpha value is -3.26. The van der Waals surface area contributed by atoms with Crippen LogP contribution in [0.4, 0.5) is 0 Å². The van der Waals surface area contributed by atoms with E-state index in [4.69, 9.17) is 9.07 Å². The van der Waals surface area contributed by atoms with Crippen molar-refractivity contribution in [1.82, 2.24) is 5.23 Å². The summed E-state index contributed by atoms with van der Waals surface area (Å²) in [6.07, 6.45) is 0. The van der Waals surface area contributed by atoms with E-state index in [1.54, 1.807) is 0 Å². The van der Waals surface area contributed by atoms with Crippen LogP contribution >= 0.6 is 0 Å². The molecule has 0 spiro atoms. The van der Waals surface area contributed by atoms with Gasteiger partial charge < -0.3 is 14.3 Å². The minimum absolute atomic E-state index is 0.159. The second-order valence-corrected chi connectivity index (χ2v) is 9.67. The highest BCUT2D eigenvalue weighted by atomic mass is 16.5. The number of nitrogens with one attached hydrogen (secondary N) is 1. The summed E-state index contributed by atoms with van der Waals surface area (Å²) in [7, 11) is -0.209. The molecule has 0 bridgehead atoms. The molecule has 1 aliphatic rings. The lowest BCUT2D eigenvalue weighted by Gasteiger charge is -2.33. The second-order valence-electron chi connectivity index (χ2n) is 9.67. The molecule has 1 fully saturated rings. The van der Waals surface area contributed by atoms with Gasteiger partial charge in [-0.25, -0.2) is 0 Å². The molecule has 4 aromatic carbocycles. The third-order valence-corrected chi connectivity index (χ3v) is 7.20. The van der Waals surface area contributed by atoms with Crippen molar-refractivity contribution in [3.8, 4) is 11.1 Å². The summed E-state index contributed by atoms with van der Waals surface area (Å²) in [5.74, 6) is 0. The van der Waals surface area contributed by atoms with E-state index in [0.29, 0.717) is 0 Å². The van der Waals surface area contributed by atoms with Crippen molar-refractivity contribution in [2.75, 3.05) is 0 Å². The van der Waals surface area contributed by atoms with Crippen LogP contribution in [-0.2, 0) is 4.65 Å². The number of benzene rings is 3. The molecule has 2 heterocycles. The van der Waals surface area contributed by atoms with Gasteiger partial charge in [0.2, 0.25) is 0 Å². The standard InChI is InChI=1S/C28H24BNO2/c1-27(2)28(3,4)32-29(30-27)23-15-10-16-24-25(23)22-17-21(18-11-6-5-7-12-18)19-13-8-9-14-20(19)26(22)31-24/h6,8-17,30H,1-4H3. The fourth-order valence-electron chi connectivity index (χ4n) is 4.76. The molecular weight excluding hydrogens is 393 g/mol. The number of rotatable bonds is 2. The van der Waals surface area contributed by atoms with Gasteiger partial charge in [-0.05, 0) is 80.0 Å². The topological polar surface area (TPSA) is 34.4 Å². The van der Waals surface area contributed by atoms with E-state index in [1.807, 2.05) is 18.2 Å². The summed E-state index contributed by atoms with van der Waals surface area (Å²) in [5.41, 5.74) is 4.72. The molecule has 1 N–H and O–H groups in total. The van der Waals surface area contributed by atoms with Gasteiger partial charge in [-0.3, -0.25) is 0 Å². The Bertz CT molecular complexity index is 1470. The first kappa shape index (κ1) is 19.4. The van der Waals surface area contributed by atoms with Crippen molar-refractivity contribution < 1.29 is 9.07 Å². The zero-order chi connectivity index (χ0) is 22.1. The summed E-state index contributed by atoms with van der Waals surface area (Å²) in [6.45, 7) is 8.66. The third kappa shape index (κ3) is 2.72. The van der Waals surface area contributed by atoms with E-state index in [2.05, 4.69) is 93.6 Å². The lowest BCUT2D eigenvalue weighted by Crippen LogP contribution is -2.51. The maximum atomic E-state index is 6.52. The Kier molecular flexibility index (Phi) is 4.02.